The van der Waals surface area contributed by atoms with E-state index in [0.29, 0.717) is 18.8 Å². The van der Waals surface area contributed by atoms with Crippen LogP contribution in [0.4, 0.5) is 16.2 Å². The molecule has 0 radical (unpaired) electrons. The molecule has 0 fully saturated rings. The maximum Gasteiger partial charge on any atom is 0.319 e. The lowest BCUT2D eigenvalue weighted by molar-refractivity contribution is 0.251. The topological polar surface area (TPSA) is 57.3 Å². The van der Waals surface area contributed by atoms with Crippen molar-refractivity contribution in [1.82, 2.24) is 10.3 Å². The second kappa shape index (κ2) is 10.8. The van der Waals surface area contributed by atoms with Crippen molar-refractivity contribution in [1.29, 1.82) is 0 Å². The van der Waals surface area contributed by atoms with Gasteiger partial charge in [0.2, 0.25) is 0 Å². The zero-order chi connectivity index (χ0) is 21.3. The molecule has 3 rings (SSSR count). The van der Waals surface area contributed by atoms with Crippen LogP contribution >= 0.6 is 26.6 Å². The number of amides is 2. The molecule has 2 aromatic carbocycles. The van der Waals surface area contributed by atoms with Crippen LogP contribution in [0.25, 0.3) is 0 Å². The summed E-state index contributed by atoms with van der Waals surface area (Å²) in [7, 11) is -0.416. The molecule has 0 aliphatic rings. The smallest absolute Gasteiger partial charge is 0.319 e. The van der Waals surface area contributed by atoms with Gasteiger partial charge in [-0.2, -0.15) is 0 Å². The van der Waals surface area contributed by atoms with Gasteiger partial charge in [-0.25, -0.2) is 4.79 Å². The molecule has 7 heteroatoms. The summed E-state index contributed by atoms with van der Waals surface area (Å²) >= 11 is 3.62. The Morgan fingerprint density at radius 3 is 2.57 bits per heavy atom. The lowest BCUT2D eigenvalue weighted by Crippen LogP contribution is -2.28. The lowest BCUT2D eigenvalue weighted by Gasteiger charge is -2.27. The molecule has 0 aliphatic heterocycles. The Hall–Kier alpha value is -2.90. The summed E-state index contributed by atoms with van der Waals surface area (Å²) in [5.74, 6) is 4.38. The summed E-state index contributed by atoms with van der Waals surface area (Å²) < 4.78 is 3.21. The fraction of sp³-hybridized carbons (Fsp3) is 0.0870. The maximum atomic E-state index is 12.2. The Morgan fingerprint density at radius 2 is 1.90 bits per heavy atom. The molecule has 1 heterocycles. The zero-order valence-corrected chi connectivity index (χ0v) is 18.8. The Kier molecular flexibility index (Phi) is 7.82. The molecule has 154 valence electrons. The van der Waals surface area contributed by atoms with Crippen LogP contribution in [0.1, 0.15) is 5.56 Å². The second-order valence-electron chi connectivity index (χ2n) is 6.36. The minimum Gasteiger partial charge on any atom is -0.334 e. The largest absolute Gasteiger partial charge is 0.334 e. The first-order valence-corrected chi connectivity index (χ1v) is 11.4. The minimum absolute atomic E-state index is 0.264. The van der Waals surface area contributed by atoms with Gasteiger partial charge in [0.1, 0.15) is 0 Å². The van der Waals surface area contributed by atoms with E-state index in [1.54, 1.807) is 12.4 Å². The van der Waals surface area contributed by atoms with Gasteiger partial charge in [-0.1, -0.05) is 40.8 Å². The molecule has 1 atom stereocenters. The van der Waals surface area contributed by atoms with Gasteiger partial charge in [0, 0.05) is 46.2 Å². The standard InChI is InChI=1S/C23H23BrN4OS/c1-3-15-28(30(2)22-9-5-4-8-21(22)24)20-12-10-19(11-13-20)27-23(29)26-17-18-7-6-14-25-16-18/h3-14,16H,1-2,15,17H2,(H2,26,27,29). The van der Waals surface area contributed by atoms with E-state index in [1.165, 1.54) is 0 Å². The number of urea groups is 1. The van der Waals surface area contributed by atoms with Crippen LogP contribution in [0.15, 0.2) is 95.1 Å². The average molecular weight is 483 g/mol. The summed E-state index contributed by atoms with van der Waals surface area (Å²) in [6.07, 6.45) is 5.29. The third-order valence-corrected chi connectivity index (χ3v) is 6.95. The Morgan fingerprint density at radius 1 is 1.13 bits per heavy atom. The highest BCUT2D eigenvalue weighted by atomic mass is 79.9. The number of hydrogen-bond acceptors (Lipinski definition) is 3. The van der Waals surface area contributed by atoms with Crippen LogP contribution in [0, 0.1) is 0 Å². The quantitative estimate of drug-likeness (QED) is 0.313. The predicted octanol–water partition coefficient (Wildman–Crippen LogP) is 5.83. The third-order valence-electron chi connectivity index (χ3n) is 4.24. The molecule has 3 aromatic rings. The van der Waals surface area contributed by atoms with E-state index in [0.717, 1.165) is 20.6 Å². The number of carbonyl (C=O) groups excluding carboxylic acids is 1. The number of carbonyl (C=O) groups is 1. The van der Waals surface area contributed by atoms with Crippen molar-refractivity contribution in [2.45, 2.75) is 11.4 Å². The van der Waals surface area contributed by atoms with Gasteiger partial charge >= 0.3 is 6.03 Å². The van der Waals surface area contributed by atoms with E-state index >= 15 is 0 Å². The van der Waals surface area contributed by atoms with Crippen LogP contribution in [-0.4, -0.2) is 23.4 Å². The van der Waals surface area contributed by atoms with Crippen molar-refractivity contribution in [3.63, 3.8) is 0 Å². The number of rotatable bonds is 8. The number of nitrogens with one attached hydrogen (secondary N) is 2. The van der Waals surface area contributed by atoms with Crippen molar-refractivity contribution in [2.75, 3.05) is 16.2 Å². The summed E-state index contributed by atoms with van der Waals surface area (Å²) in [4.78, 5) is 17.3. The monoisotopic (exact) mass is 482 g/mol. The summed E-state index contributed by atoms with van der Waals surface area (Å²) in [5, 5.41) is 5.67. The molecule has 0 spiro atoms. The molecule has 30 heavy (non-hydrogen) atoms. The number of anilines is 2. The van der Waals surface area contributed by atoms with Crippen molar-refractivity contribution < 1.29 is 4.79 Å². The maximum absolute atomic E-state index is 12.2. The molecule has 5 nitrogen and oxygen atoms in total. The Balaban J connectivity index is 1.66. The fourth-order valence-electron chi connectivity index (χ4n) is 2.77. The van der Waals surface area contributed by atoms with Crippen LogP contribution < -0.4 is 14.9 Å². The number of nitrogens with zero attached hydrogens (tertiary/aromatic N) is 2. The molecule has 0 bridgehead atoms. The van der Waals surface area contributed by atoms with Gasteiger partial charge < -0.3 is 14.9 Å². The van der Waals surface area contributed by atoms with E-state index in [2.05, 4.69) is 54.4 Å². The molecule has 0 saturated heterocycles. The average Bonchev–Trinajstić information content (AvgIpc) is 2.77. The number of aromatic nitrogens is 1. The lowest BCUT2D eigenvalue weighted by atomic mass is 10.2. The molecule has 1 aromatic heterocycles. The first-order valence-electron chi connectivity index (χ1n) is 9.29. The van der Waals surface area contributed by atoms with Gasteiger partial charge in [0.25, 0.3) is 0 Å². The first kappa shape index (κ1) is 21.8. The number of hydrogen-bond donors (Lipinski definition) is 2. The Bertz CT molecular complexity index is 1020. The summed E-state index contributed by atoms with van der Waals surface area (Å²) in [6, 6.07) is 19.3. The molecular formula is C23H23BrN4OS. The van der Waals surface area contributed by atoms with E-state index < -0.39 is 10.7 Å². The fourth-order valence-corrected chi connectivity index (χ4v) is 5.04. The zero-order valence-electron chi connectivity index (χ0n) is 16.4. The van der Waals surface area contributed by atoms with Gasteiger partial charge in [-0.3, -0.25) is 4.98 Å². The summed E-state index contributed by atoms with van der Waals surface area (Å²) in [5.41, 5.74) is 2.66. The highest BCUT2D eigenvalue weighted by Crippen LogP contribution is 2.38. The molecular weight excluding hydrogens is 460 g/mol. The van der Waals surface area contributed by atoms with Crippen LogP contribution in [0.3, 0.4) is 0 Å². The number of halogens is 1. The molecule has 2 N–H and O–H groups in total. The molecule has 0 aliphatic carbocycles. The number of pyridine rings is 1. The van der Waals surface area contributed by atoms with Gasteiger partial charge in [0.15, 0.2) is 0 Å². The first-order chi connectivity index (χ1) is 14.6. The van der Waals surface area contributed by atoms with E-state index in [1.807, 2.05) is 60.7 Å². The van der Waals surface area contributed by atoms with Crippen LogP contribution in [0.2, 0.25) is 0 Å². The van der Waals surface area contributed by atoms with E-state index in [4.69, 9.17) is 0 Å². The van der Waals surface area contributed by atoms with Crippen LogP contribution in [-0.2, 0) is 6.54 Å². The summed E-state index contributed by atoms with van der Waals surface area (Å²) in [6.45, 7) is 4.96. The van der Waals surface area contributed by atoms with Crippen molar-refractivity contribution in [3.8, 4) is 0 Å². The molecule has 2 amide bonds. The minimum atomic E-state index is -0.416. The van der Waals surface area contributed by atoms with E-state index in [-0.39, 0.29) is 6.03 Å². The van der Waals surface area contributed by atoms with Crippen molar-refractivity contribution in [3.05, 3.63) is 95.7 Å². The number of benzene rings is 2. The van der Waals surface area contributed by atoms with Gasteiger partial charge in [-0.05, 0) is 64.0 Å². The molecule has 0 saturated carbocycles. The van der Waals surface area contributed by atoms with Gasteiger partial charge in [0.05, 0.1) is 0 Å². The van der Waals surface area contributed by atoms with Gasteiger partial charge in [-0.15, -0.1) is 6.58 Å². The highest BCUT2D eigenvalue weighted by Gasteiger charge is 2.12. The third kappa shape index (κ3) is 5.81. The van der Waals surface area contributed by atoms with Crippen LogP contribution in [0.5, 0.6) is 0 Å². The molecule has 1 unspecified atom stereocenters. The van der Waals surface area contributed by atoms with Crippen molar-refractivity contribution >= 4 is 49.9 Å². The SMILES string of the molecule is C=CCN(c1ccc(NC(=O)NCc2cccnc2)cc1)S(=C)c1ccccc1Br. The predicted molar refractivity (Wildman–Crippen MR) is 131 cm³/mol. The normalized spacial score (nSPS) is 11.4. The highest BCUT2D eigenvalue weighted by molar-refractivity contribution is 9.10. The Labute approximate surface area is 188 Å². The van der Waals surface area contributed by atoms with Crippen molar-refractivity contribution in [2.24, 2.45) is 0 Å². The second-order valence-corrected chi connectivity index (χ2v) is 8.83. The van der Waals surface area contributed by atoms with E-state index in [9.17, 15) is 4.79 Å².